The summed E-state index contributed by atoms with van der Waals surface area (Å²) in [6.07, 6.45) is 0. The molecular weight excluding hydrogens is 258 g/mol. The van der Waals surface area contributed by atoms with Crippen molar-refractivity contribution in [3.8, 4) is 11.8 Å². The molecule has 4 rings (SSSR count). The monoisotopic (exact) mass is 267 g/mol. The molecule has 1 aromatic heterocycles. The van der Waals surface area contributed by atoms with E-state index in [1.807, 2.05) is 18.2 Å². The summed E-state index contributed by atoms with van der Waals surface area (Å²) in [4.78, 5) is 4.29. The predicted molar refractivity (Wildman–Crippen MR) is 75.8 cm³/mol. The normalized spacial score (nSPS) is 13.6. The van der Waals surface area contributed by atoms with E-state index >= 15 is 0 Å². The molecule has 0 atom stereocenters. The van der Waals surface area contributed by atoms with Crippen LogP contribution in [0.2, 0.25) is 0 Å². The number of thiazole rings is 1. The van der Waals surface area contributed by atoms with Crippen LogP contribution in [0.3, 0.4) is 0 Å². The second-order valence-electron chi connectivity index (χ2n) is 4.36. The fourth-order valence-electron chi connectivity index (χ4n) is 2.44. The van der Waals surface area contributed by atoms with Crippen molar-refractivity contribution in [3.63, 3.8) is 0 Å². The number of hydrogen-bond acceptors (Lipinski definition) is 5. The first kappa shape index (κ1) is 10.6. The number of aromatic nitrogens is 1. The standard InChI is InChI=1S/C14H9N3OS/c15-7-12-17-11-4-1-8-9(14(11)19-12)2-3-10-13(8)18-6-5-16-10/h1-4,16H,5-6H2. The van der Waals surface area contributed by atoms with Crippen LogP contribution in [0.1, 0.15) is 5.01 Å². The van der Waals surface area contributed by atoms with Crippen LogP contribution in [0, 0.1) is 11.3 Å². The van der Waals surface area contributed by atoms with Crippen molar-refractivity contribution in [1.29, 1.82) is 5.26 Å². The van der Waals surface area contributed by atoms with Gasteiger partial charge in [-0.3, -0.25) is 0 Å². The van der Waals surface area contributed by atoms with Crippen molar-refractivity contribution in [2.24, 2.45) is 0 Å². The van der Waals surface area contributed by atoms with Crippen molar-refractivity contribution in [2.75, 3.05) is 18.5 Å². The minimum absolute atomic E-state index is 0.499. The highest BCUT2D eigenvalue weighted by Crippen LogP contribution is 2.39. The second-order valence-corrected chi connectivity index (χ2v) is 5.36. The van der Waals surface area contributed by atoms with Crippen LogP contribution in [0.15, 0.2) is 24.3 Å². The fraction of sp³-hybridized carbons (Fsp3) is 0.143. The number of nitrogens with zero attached hydrogens (tertiary/aromatic N) is 2. The molecule has 0 unspecified atom stereocenters. The van der Waals surface area contributed by atoms with E-state index in [4.69, 9.17) is 10.00 Å². The lowest BCUT2D eigenvalue weighted by Gasteiger charge is -2.20. The summed E-state index contributed by atoms with van der Waals surface area (Å²) >= 11 is 1.43. The average Bonchev–Trinajstić information content (AvgIpc) is 2.90. The Labute approximate surface area is 113 Å². The second kappa shape index (κ2) is 3.84. The zero-order chi connectivity index (χ0) is 12.8. The number of ether oxygens (including phenoxy) is 1. The highest BCUT2D eigenvalue weighted by molar-refractivity contribution is 7.20. The largest absolute Gasteiger partial charge is 0.489 e. The van der Waals surface area contributed by atoms with Gasteiger partial charge in [0.25, 0.3) is 0 Å². The molecule has 1 aliphatic heterocycles. The van der Waals surface area contributed by atoms with Gasteiger partial charge < -0.3 is 10.1 Å². The number of anilines is 1. The molecule has 1 aliphatic rings. The number of fused-ring (bicyclic) bond motifs is 5. The third-order valence-corrected chi connectivity index (χ3v) is 4.27. The molecule has 0 amide bonds. The Morgan fingerprint density at radius 1 is 1.26 bits per heavy atom. The number of rotatable bonds is 0. The first-order valence-electron chi connectivity index (χ1n) is 6.00. The zero-order valence-corrected chi connectivity index (χ0v) is 10.8. The van der Waals surface area contributed by atoms with Gasteiger partial charge in [-0.2, -0.15) is 5.26 Å². The van der Waals surface area contributed by atoms with Gasteiger partial charge >= 0.3 is 0 Å². The molecule has 0 spiro atoms. The maximum absolute atomic E-state index is 8.97. The molecule has 2 heterocycles. The summed E-state index contributed by atoms with van der Waals surface area (Å²) in [5.41, 5.74) is 1.90. The van der Waals surface area contributed by atoms with Crippen LogP contribution in [-0.2, 0) is 0 Å². The minimum atomic E-state index is 0.499. The van der Waals surface area contributed by atoms with Gasteiger partial charge in [-0.05, 0) is 18.2 Å². The van der Waals surface area contributed by atoms with Gasteiger partial charge in [0, 0.05) is 17.3 Å². The first-order chi connectivity index (χ1) is 9.36. The van der Waals surface area contributed by atoms with Crippen molar-refractivity contribution < 1.29 is 4.74 Å². The van der Waals surface area contributed by atoms with Gasteiger partial charge in [-0.25, -0.2) is 4.98 Å². The quantitative estimate of drug-likeness (QED) is 0.680. The van der Waals surface area contributed by atoms with Gasteiger partial charge in [0.1, 0.15) is 18.4 Å². The Hall–Kier alpha value is -2.32. The van der Waals surface area contributed by atoms with Crippen LogP contribution >= 0.6 is 11.3 Å². The van der Waals surface area contributed by atoms with Crippen LogP contribution < -0.4 is 10.1 Å². The lowest BCUT2D eigenvalue weighted by Crippen LogP contribution is -2.18. The molecule has 1 N–H and O–H groups in total. The van der Waals surface area contributed by atoms with E-state index in [1.165, 1.54) is 11.3 Å². The molecule has 0 saturated heterocycles. The van der Waals surface area contributed by atoms with Gasteiger partial charge in [-0.15, -0.1) is 11.3 Å². The van der Waals surface area contributed by atoms with E-state index in [-0.39, 0.29) is 0 Å². The first-order valence-corrected chi connectivity index (χ1v) is 6.81. The van der Waals surface area contributed by atoms with Crippen LogP contribution in [0.4, 0.5) is 5.69 Å². The van der Waals surface area contributed by atoms with Gasteiger partial charge in [0.15, 0.2) is 5.01 Å². The van der Waals surface area contributed by atoms with E-state index < -0.39 is 0 Å². The van der Waals surface area contributed by atoms with Crippen molar-refractivity contribution in [1.82, 2.24) is 4.98 Å². The average molecular weight is 267 g/mol. The molecule has 0 radical (unpaired) electrons. The van der Waals surface area contributed by atoms with E-state index in [0.29, 0.717) is 11.6 Å². The molecule has 0 bridgehead atoms. The maximum Gasteiger partial charge on any atom is 0.195 e. The molecule has 92 valence electrons. The lowest BCUT2D eigenvalue weighted by molar-refractivity contribution is 0.327. The predicted octanol–water partition coefficient (Wildman–Crippen LogP) is 3.13. The number of nitrogens with one attached hydrogen (secondary N) is 1. The lowest BCUT2D eigenvalue weighted by atomic mass is 10.1. The molecule has 0 aliphatic carbocycles. The topological polar surface area (TPSA) is 57.9 Å². The Morgan fingerprint density at radius 3 is 3.05 bits per heavy atom. The van der Waals surface area contributed by atoms with Gasteiger partial charge in [0.2, 0.25) is 0 Å². The summed E-state index contributed by atoms with van der Waals surface area (Å²) in [5, 5.41) is 15.0. The molecule has 5 heteroatoms. The molecule has 4 nitrogen and oxygen atoms in total. The Bertz CT molecular complexity index is 847. The Kier molecular flexibility index (Phi) is 2.14. The van der Waals surface area contributed by atoms with Gasteiger partial charge in [-0.1, -0.05) is 6.07 Å². The van der Waals surface area contributed by atoms with Crippen molar-refractivity contribution >= 4 is 38.0 Å². The number of nitriles is 1. The molecule has 0 saturated carbocycles. The Morgan fingerprint density at radius 2 is 2.16 bits per heavy atom. The highest BCUT2D eigenvalue weighted by Gasteiger charge is 2.15. The van der Waals surface area contributed by atoms with Crippen LogP contribution in [0.5, 0.6) is 5.75 Å². The molecule has 19 heavy (non-hydrogen) atoms. The Balaban J connectivity index is 2.12. The number of hydrogen-bond donors (Lipinski definition) is 1. The van der Waals surface area contributed by atoms with E-state index in [1.54, 1.807) is 0 Å². The summed E-state index contributed by atoms with van der Waals surface area (Å²) in [6.45, 7) is 1.51. The summed E-state index contributed by atoms with van der Waals surface area (Å²) in [5.74, 6) is 0.901. The molecule has 2 aromatic carbocycles. The summed E-state index contributed by atoms with van der Waals surface area (Å²) in [6, 6.07) is 10.2. The summed E-state index contributed by atoms with van der Waals surface area (Å²) < 4.78 is 6.82. The van der Waals surface area contributed by atoms with Crippen molar-refractivity contribution in [3.05, 3.63) is 29.3 Å². The smallest absolute Gasteiger partial charge is 0.195 e. The molecule has 0 fully saturated rings. The van der Waals surface area contributed by atoms with Crippen LogP contribution in [0.25, 0.3) is 21.0 Å². The van der Waals surface area contributed by atoms with E-state index in [2.05, 4.69) is 22.4 Å². The number of benzene rings is 2. The fourth-order valence-corrected chi connectivity index (χ4v) is 3.33. The minimum Gasteiger partial charge on any atom is -0.489 e. The molecular formula is C14H9N3OS. The molecule has 3 aromatic rings. The zero-order valence-electron chi connectivity index (χ0n) is 9.93. The third kappa shape index (κ3) is 1.47. The SMILES string of the molecule is N#Cc1nc2ccc3c4c(ccc3c2s1)NCCO4. The van der Waals surface area contributed by atoms with Crippen molar-refractivity contribution in [2.45, 2.75) is 0 Å². The third-order valence-electron chi connectivity index (χ3n) is 3.26. The highest BCUT2D eigenvalue weighted by atomic mass is 32.1. The van der Waals surface area contributed by atoms with E-state index in [0.717, 1.165) is 39.0 Å². The van der Waals surface area contributed by atoms with E-state index in [9.17, 15) is 0 Å². The maximum atomic E-state index is 8.97. The van der Waals surface area contributed by atoms with Gasteiger partial charge in [0.05, 0.1) is 15.9 Å². The summed E-state index contributed by atoms with van der Waals surface area (Å²) in [7, 11) is 0. The van der Waals surface area contributed by atoms with Crippen LogP contribution in [-0.4, -0.2) is 18.1 Å².